The second-order valence-electron chi connectivity index (χ2n) is 10.6. The molecule has 0 saturated carbocycles. The van der Waals surface area contributed by atoms with Crippen molar-refractivity contribution in [3.05, 3.63) is 0 Å². The summed E-state index contributed by atoms with van der Waals surface area (Å²) in [4.78, 5) is 37.3. The van der Waals surface area contributed by atoms with Gasteiger partial charge >= 0.3 is 0 Å². The summed E-state index contributed by atoms with van der Waals surface area (Å²) in [6, 6.07) is 0.691. The summed E-state index contributed by atoms with van der Waals surface area (Å²) in [5.41, 5.74) is 0. The Morgan fingerprint density at radius 3 is 2.16 bits per heavy atom. The first-order chi connectivity index (χ1) is 15.0. The van der Waals surface area contributed by atoms with Crippen molar-refractivity contribution in [2.24, 2.45) is 11.8 Å². The van der Waals surface area contributed by atoms with Crippen LogP contribution in [0.4, 0.5) is 0 Å². The highest BCUT2D eigenvalue weighted by molar-refractivity contribution is 5.81. The Morgan fingerprint density at radius 2 is 1.48 bits per heavy atom. The number of likely N-dealkylation sites (tertiary alicyclic amines) is 3. The molecule has 0 aromatic carbocycles. The van der Waals surface area contributed by atoms with Gasteiger partial charge in [0.05, 0.1) is 6.54 Å². The third kappa shape index (κ3) is 5.99. The van der Waals surface area contributed by atoms with Crippen molar-refractivity contribution in [2.45, 2.75) is 51.5 Å². The van der Waals surface area contributed by atoms with Gasteiger partial charge in [-0.15, -0.1) is 0 Å². The molecule has 4 aliphatic rings. The lowest BCUT2D eigenvalue weighted by atomic mass is 9.92. The molecule has 7 heteroatoms. The maximum Gasteiger partial charge on any atom is 0.236 e. The van der Waals surface area contributed by atoms with E-state index in [0.717, 1.165) is 71.6 Å². The first-order valence-corrected chi connectivity index (χ1v) is 12.7. The van der Waals surface area contributed by atoms with Crippen LogP contribution in [0.1, 0.15) is 45.4 Å². The molecule has 7 nitrogen and oxygen atoms in total. The molecular formula is C24H43N5O2. The van der Waals surface area contributed by atoms with E-state index >= 15 is 0 Å². The summed E-state index contributed by atoms with van der Waals surface area (Å²) in [7, 11) is 2.23. The van der Waals surface area contributed by atoms with Crippen LogP contribution in [0.15, 0.2) is 0 Å². The van der Waals surface area contributed by atoms with E-state index in [1.807, 2.05) is 4.90 Å². The van der Waals surface area contributed by atoms with Crippen LogP contribution in [0.3, 0.4) is 0 Å². The second kappa shape index (κ2) is 10.6. The van der Waals surface area contributed by atoms with Crippen LogP contribution in [0.5, 0.6) is 0 Å². The van der Waals surface area contributed by atoms with Gasteiger partial charge in [-0.3, -0.25) is 19.4 Å². The van der Waals surface area contributed by atoms with Crippen LogP contribution in [0.25, 0.3) is 0 Å². The fourth-order valence-corrected chi connectivity index (χ4v) is 6.04. The molecule has 0 aliphatic carbocycles. The molecule has 176 valence electrons. The Balaban J connectivity index is 1.16. The summed E-state index contributed by atoms with van der Waals surface area (Å²) in [6.45, 7) is 12.7. The molecule has 0 spiro atoms. The molecule has 4 rings (SSSR count). The number of carbonyl (C=O) groups is 2. The van der Waals surface area contributed by atoms with Gasteiger partial charge in [-0.05, 0) is 58.0 Å². The molecule has 0 N–H and O–H groups in total. The fraction of sp³-hybridized carbons (Fsp3) is 0.917. The highest BCUT2D eigenvalue weighted by Crippen LogP contribution is 2.24. The summed E-state index contributed by atoms with van der Waals surface area (Å²) < 4.78 is 0. The van der Waals surface area contributed by atoms with Gasteiger partial charge in [0.25, 0.3) is 0 Å². The number of carbonyl (C=O) groups excluding carboxylic acids is 2. The van der Waals surface area contributed by atoms with Gasteiger partial charge in [-0.1, -0.05) is 6.92 Å². The average Bonchev–Trinajstić information content (AvgIpc) is 2.79. The van der Waals surface area contributed by atoms with Gasteiger partial charge < -0.3 is 14.7 Å². The van der Waals surface area contributed by atoms with E-state index in [1.54, 1.807) is 0 Å². The van der Waals surface area contributed by atoms with Gasteiger partial charge in [0.15, 0.2) is 0 Å². The fourth-order valence-electron chi connectivity index (χ4n) is 6.04. The number of rotatable bonds is 4. The van der Waals surface area contributed by atoms with Crippen LogP contribution in [-0.2, 0) is 9.59 Å². The minimum absolute atomic E-state index is 0.117. The highest BCUT2D eigenvalue weighted by atomic mass is 16.2. The zero-order valence-corrected chi connectivity index (χ0v) is 19.8. The van der Waals surface area contributed by atoms with Crippen molar-refractivity contribution in [3.8, 4) is 0 Å². The number of piperazine rings is 1. The molecule has 31 heavy (non-hydrogen) atoms. The highest BCUT2D eigenvalue weighted by Gasteiger charge is 2.33. The lowest BCUT2D eigenvalue weighted by molar-refractivity contribution is -0.142. The SMILES string of the molecule is CC1CCCN(C(=O)C2CCN(C(=O)CN3CCN(C4CCCN(C)C4)CC3)CC2)C1. The second-order valence-corrected chi connectivity index (χ2v) is 10.6. The maximum atomic E-state index is 12.9. The van der Waals surface area contributed by atoms with Gasteiger partial charge in [-0.2, -0.15) is 0 Å². The van der Waals surface area contributed by atoms with E-state index in [-0.39, 0.29) is 11.8 Å². The number of piperidine rings is 3. The summed E-state index contributed by atoms with van der Waals surface area (Å²) in [5, 5.41) is 0. The Labute approximate surface area is 188 Å². The van der Waals surface area contributed by atoms with E-state index in [0.29, 0.717) is 24.4 Å². The predicted molar refractivity (Wildman–Crippen MR) is 123 cm³/mol. The predicted octanol–water partition coefficient (Wildman–Crippen LogP) is 1.20. The van der Waals surface area contributed by atoms with Crippen molar-refractivity contribution in [1.82, 2.24) is 24.5 Å². The molecule has 2 unspecified atom stereocenters. The van der Waals surface area contributed by atoms with Crippen LogP contribution in [0.2, 0.25) is 0 Å². The molecule has 4 saturated heterocycles. The Bertz CT molecular complexity index is 613. The third-order valence-electron chi connectivity index (χ3n) is 8.05. The molecule has 4 fully saturated rings. The zero-order chi connectivity index (χ0) is 21.8. The van der Waals surface area contributed by atoms with E-state index < -0.39 is 0 Å². The van der Waals surface area contributed by atoms with E-state index in [9.17, 15) is 9.59 Å². The third-order valence-corrected chi connectivity index (χ3v) is 8.05. The molecule has 2 atom stereocenters. The number of nitrogens with zero attached hydrogens (tertiary/aromatic N) is 5. The Hall–Kier alpha value is -1.18. The number of hydrogen-bond donors (Lipinski definition) is 0. The molecule has 4 heterocycles. The molecule has 0 bridgehead atoms. The van der Waals surface area contributed by atoms with Crippen molar-refractivity contribution in [3.63, 3.8) is 0 Å². The van der Waals surface area contributed by atoms with E-state index in [2.05, 4.69) is 33.6 Å². The van der Waals surface area contributed by atoms with Gasteiger partial charge in [0, 0.05) is 70.9 Å². The zero-order valence-electron chi connectivity index (χ0n) is 19.8. The van der Waals surface area contributed by atoms with Crippen molar-refractivity contribution in [1.29, 1.82) is 0 Å². The lowest BCUT2D eigenvalue weighted by Crippen LogP contribution is -2.56. The van der Waals surface area contributed by atoms with Gasteiger partial charge in [0.2, 0.25) is 11.8 Å². The van der Waals surface area contributed by atoms with E-state index in [1.165, 1.54) is 32.4 Å². The largest absolute Gasteiger partial charge is 0.342 e. The monoisotopic (exact) mass is 433 g/mol. The van der Waals surface area contributed by atoms with E-state index in [4.69, 9.17) is 0 Å². The van der Waals surface area contributed by atoms with Crippen molar-refractivity contribution >= 4 is 11.8 Å². The first-order valence-electron chi connectivity index (χ1n) is 12.7. The molecule has 0 aromatic heterocycles. The van der Waals surface area contributed by atoms with Crippen LogP contribution in [0, 0.1) is 11.8 Å². The molecule has 0 aromatic rings. The smallest absolute Gasteiger partial charge is 0.236 e. The van der Waals surface area contributed by atoms with Crippen molar-refractivity contribution < 1.29 is 9.59 Å². The number of hydrogen-bond acceptors (Lipinski definition) is 5. The lowest BCUT2D eigenvalue weighted by Gasteiger charge is -2.43. The maximum absolute atomic E-state index is 12.9. The molecule has 4 aliphatic heterocycles. The minimum atomic E-state index is 0.117. The topological polar surface area (TPSA) is 50.3 Å². The minimum Gasteiger partial charge on any atom is -0.342 e. The number of amides is 2. The summed E-state index contributed by atoms with van der Waals surface area (Å²) in [5.74, 6) is 1.33. The van der Waals surface area contributed by atoms with Crippen LogP contribution >= 0.6 is 0 Å². The Morgan fingerprint density at radius 1 is 0.774 bits per heavy atom. The quantitative estimate of drug-likeness (QED) is 0.667. The normalized spacial score (nSPS) is 30.5. The first kappa shape index (κ1) is 23.0. The van der Waals surface area contributed by atoms with Crippen LogP contribution in [-0.4, -0.2) is 121 Å². The van der Waals surface area contributed by atoms with Crippen molar-refractivity contribution in [2.75, 3.05) is 79.0 Å². The summed E-state index contributed by atoms with van der Waals surface area (Å²) in [6.07, 6.45) is 6.65. The standard InChI is InChI=1S/C24H43N5O2/c1-20-5-3-10-29(17-20)24(31)21-7-11-28(12-8-21)23(30)19-26-13-15-27(16-14-26)22-6-4-9-25(2)18-22/h20-22H,3-19H2,1-2H3. The van der Waals surface area contributed by atoms with Gasteiger partial charge in [0.1, 0.15) is 0 Å². The molecule has 2 amide bonds. The van der Waals surface area contributed by atoms with Gasteiger partial charge in [-0.25, -0.2) is 0 Å². The number of likely N-dealkylation sites (N-methyl/N-ethyl adjacent to an activating group) is 1. The van der Waals surface area contributed by atoms with Crippen LogP contribution < -0.4 is 0 Å². The molecular weight excluding hydrogens is 390 g/mol. The average molecular weight is 434 g/mol. The Kier molecular flexibility index (Phi) is 7.88. The summed E-state index contributed by atoms with van der Waals surface area (Å²) >= 11 is 0. The molecule has 0 radical (unpaired) electrons.